The van der Waals surface area contributed by atoms with Gasteiger partial charge in [0.2, 0.25) is 5.88 Å². The van der Waals surface area contributed by atoms with Crippen molar-refractivity contribution in [3.8, 4) is 11.9 Å². The lowest BCUT2D eigenvalue weighted by Crippen LogP contribution is -2.06. The maximum absolute atomic E-state index is 11.6. The summed E-state index contributed by atoms with van der Waals surface area (Å²) < 4.78 is 5.86. The summed E-state index contributed by atoms with van der Waals surface area (Å²) >= 11 is 0. The van der Waals surface area contributed by atoms with Gasteiger partial charge in [0.1, 0.15) is 12.7 Å². The van der Waals surface area contributed by atoms with Crippen LogP contribution in [0.1, 0.15) is 34.0 Å². The number of carbonyl (C=O) groups excluding carboxylic acids is 1. The Bertz CT molecular complexity index is 978. The van der Waals surface area contributed by atoms with E-state index >= 15 is 0 Å². The second-order valence-corrected chi connectivity index (χ2v) is 6.02. The van der Waals surface area contributed by atoms with Crippen LogP contribution in [0, 0.1) is 11.3 Å². The van der Waals surface area contributed by atoms with E-state index in [1.165, 1.54) is 6.92 Å². The van der Waals surface area contributed by atoms with E-state index in [9.17, 15) is 10.1 Å². The van der Waals surface area contributed by atoms with Gasteiger partial charge in [-0.25, -0.2) is 4.98 Å². The minimum Gasteiger partial charge on any atom is -0.473 e. The number of nitriles is 1. The molecule has 5 heteroatoms. The summed E-state index contributed by atoms with van der Waals surface area (Å²) in [5.74, 6) is 0.492. The molecule has 0 unspecified atom stereocenters. The van der Waals surface area contributed by atoms with Crippen LogP contribution >= 0.6 is 0 Å². The average Bonchev–Trinajstić information content (AvgIpc) is 2.71. The highest BCUT2D eigenvalue weighted by atomic mass is 16.5. The molecule has 27 heavy (non-hydrogen) atoms. The van der Waals surface area contributed by atoms with Gasteiger partial charge in [-0.2, -0.15) is 5.26 Å². The third kappa shape index (κ3) is 4.71. The molecule has 5 nitrogen and oxygen atoms in total. The first-order chi connectivity index (χ1) is 13.2. The molecule has 134 valence electrons. The molecule has 0 aliphatic carbocycles. The van der Waals surface area contributed by atoms with Gasteiger partial charge in [-0.05, 0) is 36.8 Å². The molecular formula is C22H19N3O2. The molecule has 1 aromatic heterocycles. The number of rotatable bonds is 7. The van der Waals surface area contributed by atoms with Crippen molar-refractivity contribution in [2.75, 3.05) is 5.32 Å². The Morgan fingerprint density at radius 2 is 1.96 bits per heavy atom. The van der Waals surface area contributed by atoms with Gasteiger partial charge in [-0.3, -0.25) is 4.79 Å². The smallest absolute Gasteiger partial charge is 0.218 e. The van der Waals surface area contributed by atoms with E-state index in [1.54, 1.807) is 24.4 Å². The molecule has 0 atom stereocenters. The zero-order chi connectivity index (χ0) is 19.1. The highest BCUT2D eigenvalue weighted by Crippen LogP contribution is 2.21. The summed E-state index contributed by atoms with van der Waals surface area (Å²) in [4.78, 5) is 15.9. The van der Waals surface area contributed by atoms with Crippen LogP contribution in [-0.4, -0.2) is 10.8 Å². The number of hydrogen-bond donors (Lipinski definition) is 1. The molecule has 1 heterocycles. The van der Waals surface area contributed by atoms with Crippen molar-refractivity contribution in [3.63, 3.8) is 0 Å². The van der Waals surface area contributed by atoms with E-state index in [2.05, 4.69) is 16.4 Å². The number of nitrogens with zero attached hydrogens (tertiary/aromatic N) is 2. The van der Waals surface area contributed by atoms with Gasteiger partial charge < -0.3 is 10.1 Å². The molecule has 0 saturated heterocycles. The number of ether oxygens (including phenoxy) is 1. The number of benzene rings is 2. The predicted octanol–water partition coefficient (Wildman–Crippen LogP) is 4.35. The van der Waals surface area contributed by atoms with Crippen molar-refractivity contribution in [2.24, 2.45) is 0 Å². The lowest BCUT2D eigenvalue weighted by atomic mass is 10.1. The Morgan fingerprint density at radius 1 is 1.15 bits per heavy atom. The zero-order valence-corrected chi connectivity index (χ0v) is 15.0. The van der Waals surface area contributed by atoms with Crippen LogP contribution in [0.15, 0.2) is 66.9 Å². The number of carbonyl (C=O) groups is 1. The fraction of sp³-hybridized carbons (Fsp3) is 0.136. The predicted molar refractivity (Wildman–Crippen MR) is 103 cm³/mol. The summed E-state index contributed by atoms with van der Waals surface area (Å²) in [5.41, 5.74) is 3.58. The summed E-state index contributed by atoms with van der Waals surface area (Å²) in [6.07, 6.45) is 1.68. The standard InChI is InChI=1S/C22H19N3O2/c1-16(26)18-9-10-19(13-23)21(12-18)25-14-20-8-5-11-24-22(20)27-15-17-6-3-2-4-7-17/h2-12,25H,14-15H2,1H3. The van der Waals surface area contributed by atoms with Crippen molar-refractivity contribution >= 4 is 11.5 Å². The SMILES string of the molecule is CC(=O)c1ccc(C#N)c(NCc2cccnc2OCc2ccccc2)c1. The van der Waals surface area contributed by atoms with Crippen molar-refractivity contribution in [3.05, 3.63) is 89.1 Å². The molecule has 0 amide bonds. The molecule has 1 N–H and O–H groups in total. The van der Waals surface area contributed by atoms with Crippen LogP contribution in [0.4, 0.5) is 5.69 Å². The van der Waals surface area contributed by atoms with E-state index in [1.807, 2.05) is 42.5 Å². The molecule has 0 aliphatic rings. The number of aromatic nitrogens is 1. The van der Waals surface area contributed by atoms with Crippen LogP contribution in [0.5, 0.6) is 5.88 Å². The highest BCUT2D eigenvalue weighted by molar-refractivity contribution is 5.95. The van der Waals surface area contributed by atoms with Crippen LogP contribution in [0.3, 0.4) is 0 Å². The van der Waals surface area contributed by atoms with Gasteiger partial charge in [0.05, 0.1) is 11.3 Å². The lowest BCUT2D eigenvalue weighted by molar-refractivity contribution is 0.101. The first-order valence-corrected chi connectivity index (χ1v) is 8.57. The Morgan fingerprint density at radius 3 is 2.70 bits per heavy atom. The topological polar surface area (TPSA) is 75.0 Å². The maximum Gasteiger partial charge on any atom is 0.218 e. The molecule has 2 aromatic carbocycles. The second-order valence-electron chi connectivity index (χ2n) is 6.02. The zero-order valence-electron chi connectivity index (χ0n) is 15.0. The van der Waals surface area contributed by atoms with Gasteiger partial charge in [-0.1, -0.05) is 36.4 Å². The number of hydrogen-bond acceptors (Lipinski definition) is 5. The quantitative estimate of drug-likeness (QED) is 0.636. The molecule has 0 aliphatic heterocycles. The summed E-state index contributed by atoms with van der Waals surface area (Å²) in [7, 11) is 0. The normalized spacial score (nSPS) is 10.1. The Kier molecular flexibility index (Phi) is 5.80. The number of Topliss-reactive ketones (excluding diaryl/α,β-unsaturated/α-hetero) is 1. The molecule has 0 radical (unpaired) electrons. The summed E-state index contributed by atoms with van der Waals surface area (Å²) in [5, 5.41) is 12.5. The van der Waals surface area contributed by atoms with Crippen LogP contribution in [0.2, 0.25) is 0 Å². The third-order valence-electron chi connectivity index (χ3n) is 4.08. The van der Waals surface area contributed by atoms with Gasteiger partial charge >= 0.3 is 0 Å². The molecule has 3 aromatic rings. The van der Waals surface area contributed by atoms with Gasteiger partial charge in [0, 0.05) is 23.9 Å². The summed E-state index contributed by atoms with van der Waals surface area (Å²) in [6, 6.07) is 20.8. The fourth-order valence-corrected chi connectivity index (χ4v) is 2.61. The molecule has 0 fully saturated rings. The molecule has 0 bridgehead atoms. The van der Waals surface area contributed by atoms with Gasteiger partial charge in [0.15, 0.2) is 5.78 Å². The average molecular weight is 357 g/mol. The van der Waals surface area contributed by atoms with Crippen molar-refractivity contribution in [2.45, 2.75) is 20.1 Å². The van der Waals surface area contributed by atoms with E-state index in [4.69, 9.17) is 4.74 Å². The molecule has 0 saturated carbocycles. The summed E-state index contributed by atoms with van der Waals surface area (Å²) in [6.45, 7) is 2.35. The van der Waals surface area contributed by atoms with Crippen LogP contribution < -0.4 is 10.1 Å². The van der Waals surface area contributed by atoms with Gasteiger partial charge in [0.25, 0.3) is 0 Å². The fourth-order valence-electron chi connectivity index (χ4n) is 2.61. The molecule has 0 spiro atoms. The first-order valence-electron chi connectivity index (χ1n) is 8.57. The molecule has 3 rings (SSSR count). The Labute approximate surface area is 158 Å². The number of ketones is 1. The highest BCUT2D eigenvalue weighted by Gasteiger charge is 2.09. The van der Waals surface area contributed by atoms with E-state index < -0.39 is 0 Å². The number of anilines is 1. The lowest BCUT2D eigenvalue weighted by Gasteiger charge is -2.13. The monoisotopic (exact) mass is 357 g/mol. The second kappa shape index (κ2) is 8.63. The van der Waals surface area contributed by atoms with E-state index in [-0.39, 0.29) is 5.78 Å². The Hall–Kier alpha value is -3.65. The minimum atomic E-state index is -0.0456. The molecular weight excluding hydrogens is 338 g/mol. The van der Waals surface area contributed by atoms with Crippen molar-refractivity contribution < 1.29 is 9.53 Å². The first kappa shape index (κ1) is 18.2. The van der Waals surface area contributed by atoms with Crippen LogP contribution in [0.25, 0.3) is 0 Å². The largest absolute Gasteiger partial charge is 0.473 e. The van der Waals surface area contributed by atoms with Crippen molar-refractivity contribution in [1.29, 1.82) is 5.26 Å². The maximum atomic E-state index is 11.6. The minimum absolute atomic E-state index is 0.0456. The van der Waals surface area contributed by atoms with Gasteiger partial charge in [-0.15, -0.1) is 0 Å². The Balaban J connectivity index is 1.74. The van der Waals surface area contributed by atoms with Crippen LogP contribution in [-0.2, 0) is 13.2 Å². The number of pyridine rings is 1. The van der Waals surface area contributed by atoms with E-state index in [0.717, 1.165) is 11.1 Å². The van der Waals surface area contributed by atoms with Crippen molar-refractivity contribution in [1.82, 2.24) is 4.98 Å². The number of nitrogens with one attached hydrogen (secondary N) is 1. The van der Waals surface area contributed by atoms with E-state index in [0.29, 0.717) is 35.8 Å². The third-order valence-corrected chi connectivity index (χ3v) is 4.08.